The Morgan fingerprint density at radius 2 is 1.91 bits per heavy atom. The summed E-state index contributed by atoms with van der Waals surface area (Å²) in [5.74, 6) is 3.54. The van der Waals surface area contributed by atoms with Crippen molar-refractivity contribution in [2.75, 3.05) is 13.1 Å². The Morgan fingerprint density at radius 3 is 2.74 bits per heavy atom. The van der Waals surface area contributed by atoms with Crippen LogP contribution in [0.3, 0.4) is 0 Å². The predicted octanol–water partition coefficient (Wildman–Crippen LogP) is 7.72. The molecule has 6 heteroatoms. The minimum absolute atomic E-state index is 0.0674. The number of benzene rings is 1. The van der Waals surface area contributed by atoms with Crippen molar-refractivity contribution >= 4 is 11.9 Å². The van der Waals surface area contributed by atoms with Crippen molar-refractivity contribution in [3.05, 3.63) is 58.7 Å². The summed E-state index contributed by atoms with van der Waals surface area (Å²) in [6.07, 6.45) is 13.8. The first kappa shape index (κ1) is 32.1. The van der Waals surface area contributed by atoms with Crippen LogP contribution in [0.2, 0.25) is 0 Å². The summed E-state index contributed by atoms with van der Waals surface area (Å²) in [5, 5.41) is 6.77. The minimum atomic E-state index is -0.340. The fourth-order valence-corrected chi connectivity index (χ4v) is 10.9. The van der Waals surface area contributed by atoms with Crippen LogP contribution in [-0.4, -0.2) is 48.8 Å². The molecule has 2 heterocycles. The smallest absolute Gasteiger partial charge is 0.407 e. The molecule has 6 nitrogen and oxygen atoms in total. The van der Waals surface area contributed by atoms with Gasteiger partial charge in [0.15, 0.2) is 0 Å². The number of carbonyl (C=O) groups is 2. The van der Waals surface area contributed by atoms with E-state index in [-0.39, 0.29) is 29.0 Å². The maximum atomic E-state index is 12.7. The lowest BCUT2D eigenvalue weighted by molar-refractivity contribution is -0.119. The Morgan fingerprint density at radius 1 is 1.09 bits per heavy atom. The van der Waals surface area contributed by atoms with E-state index in [1.54, 1.807) is 11.1 Å². The molecule has 2 N–H and O–H groups in total. The first-order valence-electron chi connectivity index (χ1n) is 18.5. The number of nitrogens with one attached hydrogen (secondary N) is 2. The van der Waals surface area contributed by atoms with Crippen molar-refractivity contribution in [1.29, 1.82) is 0 Å². The van der Waals surface area contributed by atoms with Gasteiger partial charge in [0, 0.05) is 37.8 Å². The summed E-state index contributed by atoms with van der Waals surface area (Å²) in [6.45, 7) is 11.3. The topological polar surface area (TPSA) is 76.7 Å². The van der Waals surface area contributed by atoms with E-state index in [1.807, 2.05) is 18.2 Å². The summed E-state index contributed by atoms with van der Waals surface area (Å²) in [7, 11) is 0. The van der Waals surface area contributed by atoms with Gasteiger partial charge in [-0.3, -0.25) is 4.79 Å². The summed E-state index contributed by atoms with van der Waals surface area (Å²) >= 11 is 0. The van der Waals surface area contributed by atoms with Gasteiger partial charge in [-0.05, 0) is 111 Å². The Bertz CT molecular complexity index is 1370. The van der Waals surface area contributed by atoms with Gasteiger partial charge in [-0.15, -0.1) is 0 Å². The van der Waals surface area contributed by atoms with E-state index in [9.17, 15) is 9.59 Å². The summed E-state index contributed by atoms with van der Waals surface area (Å²) in [6, 6.07) is 10.6. The number of allylic oxidation sites excluding steroid dienone is 2. The highest BCUT2D eigenvalue weighted by atomic mass is 16.6. The van der Waals surface area contributed by atoms with E-state index < -0.39 is 0 Å². The summed E-state index contributed by atoms with van der Waals surface area (Å²) in [5.41, 5.74) is 6.11. The number of hydrogen-bond donors (Lipinski definition) is 2. The van der Waals surface area contributed by atoms with Gasteiger partial charge >= 0.3 is 6.09 Å². The number of fused-ring (bicyclic) bond motifs is 6. The average Bonchev–Trinajstić information content (AvgIpc) is 3.57. The van der Waals surface area contributed by atoms with Crippen LogP contribution in [-0.2, 0) is 20.7 Å². The first-order valence-corrected chi connectivity index (χ1v) is 18.5. The predicted molar refractivity (Wildman–Crippen MR) is 181 cm³/mol. The number of carbonyl (C=O) groups excluding carboxylic acids is 2. The van der Waals surface area contributed by atoms with E-state index in [1.165, 1.54) is 36.8 Å². The second-order valence-electron chi connectivity index (χ2n) is 16.1. The molecule has 1 aromatic carbocycles. The van der Waals surface area contributed by atoms with Gasteiger partial charge in [0.1, 0.15) is 11.9 Å². The van der Waals surface area contributed by atoms with Crippen LogP contribution in [0.15, 0.2) is 53.1 Å². The van der Waals surface area contributed by atoms with E-state index in [2.05, 4.69) is 56.5 Å². The van der Waals surface area contributed by atoms with Crippen LogP contribution in [0.1, 0.15) is 104 Å². The molecule has 2 aliphatic heterocycles. The highest BCUT2D eigenvalue weighted by Crippen LogP contribution is 2.65. The van der Waals surface area contributed by atoms with Gasteiger partial charge in [-0.25, -0.2) is 4.79 Å². The number of amides is 1. The molecular weight excluding hydrogens is 572 g/mol. The number of piperidine rings is 1. The van der Waals surface area contributed by atoms with Crippen LogP contribution in [0, 0.1) is 35.0 Å². The summed E-state index contributed by atoms with van der Waals surface area (Å²) in [4.78, 5) is 25.0. The highest BCUT2D eigenvalue weighted by Gasteiger charge is 2.60. The van der Waals surface area contributed by atoms with Crippen molar-refractivity contribution in [2.24, 2.45) is 35.0 Å². The molecule has 10 atom stereocenters. The molecule has 46 heavy (non-hydrogen) atoms. The maximum Gasteiger partial charge on any atom is 0.407 e. The molecule has 1 amide bonds. The highest BCUT2D eigenvalue weighted by molar-refractivity contribution is 5.78. The standard InChI is InChI=1S/C40H56N2O4/c1-25-21-36-37(42-24-25)27(3)40(46-36)19-17-32-33-15-13-29-22-31(16-18-39(29,4)35(33)23-34(32)26(40)2)45-38(44)41-20-8-11-30(43)14-12-28-9-6-5-7-10-28/h5-7,9-10,13,25,27,31-33,35-37,42H,8,11-12,14-24H2,1-4H3,(H,41,44)/t25-,27+,31-,32-,33-,35-,36+,37-,39-,40-/m0/s1. The third-order valence-corrected chi connectivity index (χ3v) is 13.6. The third-order valence-electron chi connectivity index (χ3n) is 13.6. The Labute approximate surface area is 276 Å². The van der Waals surface area contributed by atoms with Gasteiger partial charge in [0.05, 0.1) is 11.7 Å². The Hall–Kier alpha value is -2.44. The van der Waals surface area contributed by atoms with Crippen LogP contribution < -0.4 is 10.6 Å². The van der Waals surface area contributed by atoms with E-state index in [0.717, 1.165) is 44.6 Å². The summed E-state index contributed by atoms with van der Waals surface area (Å²) < 4.78 is 13.0. The second kappa shape index (κ2) is 12.9. The molecule has 250 valence electrons. The van der Waals surface area contributed by atoms with Gasteiger partial charge in [-0.2, -0.15) is 0 Å². The lowest BCUT2D eigenvalue weighted by Gasteiger charge is -2.49. The molecule has 0 radical (unpaired) electrons. The molecular formula is C40H56N2O4. The molecule has 0 aromatic heterocycles. The van der Waals surface area contributed by atoms with Crippen LogP contribution >= 0.6 is 0 Å². The molecule has 6 aliphatic rings. The quantitative estimate of drug-likeness (QED) is 0.228. The number of ether oxygens (including phenoxy) is 2. The van der Waals surface area contributed by atoms with Gasteiger partial charge in [0.2, 0.25) is 0 Å². The lowest BCUT2D eigenvalue weighted by Crippen LogP contribution is -2.49. The Balaban J connectivity index is 0.915. The molecule has 4 aliphatic carbocycles. The normalized spacial score (nSPS) is 39.6. The van der Waals surface area contributed by atoms with Crippen molar-refractivity contribution in [3.63, 3.8) is 0 Å². The lowest BCUT2D eigenvalue weighted by atomic mass is 9.56. The third kappa shape index (κ3) is 5.80. The van der Waals surface area contributed by atoms with Crippen molar-refractivity contribution in [1.82, 2.24) is 10.6 Å². The van der Waals surface area contributed by atoms with E-state index in [0.29, 0.717) is 61.6 Å². The largest absolute Gasteiger partial charge is 0.446 e. The van der Waals surface area contributed by atoms with E-state index >= 15 is 0 Å². The van der Waals surface area contributed by atoms with Crippen molar-refractivity contribution in [2.45, 2.75) is 129 Å². The molecule has 4 fully saturated rings. The zero-order valence-corrected chi connectivity index (χ0v) is 28.6. The second-order valence-corrected chi connectivity index (χ2v) is 16.1. The molecule has 0 bridgehead atoms. The SMILES string of the molecule is CC1=C2C[C@H]3[C@@H](CC=C4C[C@@H](OC(=O)NCCCC(=O)CCc5ccccc5)CC[C@@]43C)[C@@H]2CC[C@]12O[C@@H]1C[C@H](C)CN[C@H]1[C@H]2C. The van der Waals surface area contributed by atoms with Gasteiger partial charge in [-0.1, -0.05) is 68.3 Å². The van der Waals surface area contributed by atoms with Crippen LogP contribution in [0.5, 0.6) is 0 Å². The van der Waals surface area contributed by atoms with Crippen molar-refractivity contribution in [3.8, 4) is 0 Å². The number of ketones is 1. The first-order chi connectivity index (χ1) is 22.2. The van der Waals surface area contributed by atoms with Crippen LogP contribution in [0.25, 0.3) is 0 Å². The van der Waals surface area contributed by atoms with E-state index in [4.69, 9.17) is 9.47 Å². The number of hydrogen-bond acceptors (Lipinski definition) is 5. The molecule has 2 saturated heterocycles. The molecule has 1 aromatic rings. The monoisotopic (exact) mass is 628 g/mol. The fraction of sp³-hybridized carbons (Fsp3) is 0.700. The minimum Gasteiger partial charge on any atom is -0.446 e. The van der Waals surface area contributed by atoms with Gasteiger partial charge in [0.25, 0.3) is 0 Å². The van der Waals surface area contributed by atoms with Gasteiger partial charge < -0.3 is 20.1 Å². The zero-order chi connectivity index (χ0) is 32.1. The number of rotatable bonds is 8. The fourth-order valence-electron chi connectivity index (χ4n) is 10.9. The molecule has 2 saturated carbocycles. The Kier molecular flexibility index (Phi) is 8.99. The average molecular weight is 629 g/mol. The number of alkyl carbamates (subject to hydrolysis) is 1. The molecule has 1 spiro atoms. The van der Waals surface area contributed by atoms with Crippen molar-refractivity contribution < 1.29 is 19.1 Å². The number of Topliss-reactive ketones (excluding diaryl/α,β-unsaturated/α-hetero) is 1. The zero-order valence-electron chi connectivity index (χ0n) is 28.6. The van der Waals surface area contributed by atoms with Crippen LogP contribution in [0.4, 0.5) is 4.79 Å². The molecule has 0 unspecified atom stereocenters. The number of aryl methyl sites for hydroxylation is 1. The maximum absolute atomic E-state index is 12.7. The molecule has 7 rings (SSSR count).